The number of anilines is 2. The minimum absolute atomic E-state index is 0.230. The van der Waals surface area contributed by atoms with Crippen LogP contribution in [0.4, 0.5) is 16.2 Å². The molecule has 1 heterocycles. The maximum atomic E-state index is 12.4. The number of fused-ring (bicyclic) bond motifs is 1. The average Bonchev–Trinajstić information content (AvgIpc) is 2.98. The third-order valence-electron chi connectivity index (χ3n) is 4.38. The number of hydrogen-bond acceptors (Lipinski definition) is 4. The van der Waals surface area contributed by atoms with Crippen molar-refractivity contribution in [1.29, 1.82) is 0 Å². The van der Waals surface area contributed by atoms with Gasteiger partial charge in [-0.05, 0) is 48.5 Å². The predicted molar refractivity (Wildman–Crippen MR) is 113 cm³/mol. The molecule has 1 aliphatic rings. The van der Waals surface area contributed by atoms with Crippen molar-refractivity contribution < 1.29 is 14.4 Å². The lowest BCUT2D eigenvalue weighted by Gasteiger charge is -2.13. The Kier molecular flexibility index (Phi) is 5.31. The van der Waals surface area contributed by atoms with Crippen molar-refractivity contribution in [3.05, 3.63) is 90.0 Å². The van der Waals surface area contributed by atoms with Crippen molar-refractivity contribution in [3.8, 4) is 0 Å². The van der Waals surface area contributed by atoms with Gasteiger partial charge in [0.05, 0.1) is 17.0 Å². The van der Waals surface area contributed by atoms with Gasteiger partial charge in [-0.2, -0.15) is 0 Å². The Hall–Kier alpha value is -3.58. The van der Waals surface area contributed by atoms with Gasteiger partial charge in [0.2, 0.25) is 0 Å². The number of carbonyl (C=O) groups is 3. The molecule has 0 bridgehead atoms. The first-order valence-corrected chi connectivity index (χ1v) is 9.91. The van der Waals surface area contributed by atoms with Crippen LogP contribution in [-0.4, -0.2) is 28.6 Å². The zero-order valence-corrected chi connectivity index (χ0v) is 16.1. The Morgan fingerprint density at radius 1 is 0.724 bits per heavy atom. The van der Waals surface area contributed by atoms with Gasteiger partial charge in [-0.15, -0.1) is 11.8 Å². The standard InChI is InChI=1S/C22H17N3O3S/c26-20-18-8-4-5-9-19(18)21(27)25(20)14-29-17-12-10-16(11-13-17)24-22(28)23-15-6-2-1-3-7-15/h1-13H,14H2,(H2,23,24,28). The summed E-state index contributed by atoms with van der Waals surface area (Å²) < 4.78 is 0. The summed E-state index contributed by atoms with van der Waals surface area (Å²) in [5.74, 6) is -0.309. The number of benzene rings is 3. The van der Waals surface area contributed by atoms with Crippen molar-refractivity contribution in [2.75, 3.05) is 16.5 Å². The molecule has 2 N–H and O–H groups in total. The number of rotatable bonds is 5. The van der Waals surface area contributed by atoms with Crippen LogP contribution in [0.2, 0.25) is 0 Å². The minimum atomic E-state index is -0.331. The summed E-state index contributed by atoms with van der Waals surface area (Å²) in [6, 6.07) is 22.9. The summed E-state index contributed by atoms with van der Waals surface area (Å²) in [6.07, 6.45) is 0. The predicted octanol–water partition coefficient (Wildman–Crippen LogP) is 4.68. The molecule has 0 unspecified atom stereocenters. The lowest BCUT2D eigenvalue weighted by molar-refractivity contribution is 0.0684. The molecule has 0 aliphatic carbocycles. The van der Waals surface area contributed by atoms with Gasteiger partial charge in [-0.3, -0.25) is 14.5 Å². The first-order valence-electron chi connectivity index (χ1n) is 8.93. The molecule has 0 saturated carbocycles. The number of amides is 4. The van der Waals surface area contributed by atoms with E-state index in [4.69, 9.17) is 0 Å². The van der Waals surface area contributed by atoms with Crippen LogP contribution in [0.1, 0.15) is 20.7 Å². The highest BCUT2D eigenvalue weighted by atomic mass is 32.2. The highest BCUT2D eigenvalue weighted by molar-refractivity contribution is 7.99. The first kappa shape index (κ1) is 18.8. The first-order chi connectivity index (χ1) is 14.1. The van der Waals surface area contributed by atoms with Gasteiger partial charge in [-0.25, -0.2) is 4.79 Å². The molecule has 144 valence electrons. The molecule has 0 atom stereocenters. The lowest BCUT2D eigenvalue weighted by Crippen LogP contribution is -2.29. The molecule has 6 nitrogen and oxygen atoms in total. The zero-order chi connectivity index (χ0) is 20.2. The van der Waals surface area contributed by atoms with E-state index in [0.29, 0.717) is 22.5 Å². The van der Waals surface area contributed by atoms with Crippen LogP contribution in [0.5, 0.6) is 0 Å². The molecule has 3 aromatic rings. The van der Waals surface area contributed by atoms with Gasteiger partial charge < -0.3 is 10.6 Å². The fourth-order valence-corrected chi connectivity index (χ4v) is 3.79. The number of urea groups is 1. The van der Waals surface area contributed by atoms with E-state index in [-0.39, 0.29) is 23.7 Å². The van der Waals surface area contributed by atoms with Crippen LogP contribution in [-0.2, 0) is 0 Å². The normalized spacial score (nSPS) is 12.6. The van der Waals surface area contributed by atoms with Crippen molar-refractivity contribution in [3.63, 3.8) is 0 Å². The Bertz CT molecular complexity index is 1030. The molecule has 4 amide bonds. The van der Waals surface area contributed by atoms with E-state index < -0.39 is 0 Å². The molecular weight excluding hydrogens is 386 g/mol. The van der Waals surface area contributed by atoms with E-state index in [2.05, 4.69) is 10.6 Å². The van der Waals surface area contributed by atoms with Gasteiger partial charge >= 0.3 is 6.03 Å². The van der Waals surface area contributed by atoms with Crippen molar-refractivity contribution in [2.24, 2.45) is 0 Å². The molecule has 3 aromatic carbocycles. The maximum Gasteiger partial charge on any atom is 0.323 e. The zero-order valence-electron chi connectivity index (χ0n) is 15.3. The second-order valence-electron chi connectivity index (χ2n) is 6.33. The fourth-order valence-electron chi connectivity index (χ4n) is 2.94. The van der Waals surface area contributed by atoms with E-state index in [1.54, 1.807) is 48.5 Å². The number of para-hydroxylation sites is 1. The van der Waals surface area contributed by atoms with Crippen molar-refractivity contribution >= 4 is 41.0 Å². The maximum absolute atomic E-state index is 12.4. The monoisotopic (exact) mass is 403 g/mol. The highest BCUT2D eigenvalue weighted by Crippen LogP contribution is 2.27. The minimum Gasteiger partial charge on any atom is -0.308 e. The van der Waals surface area contributed by atoms with Crippen molar-refractivity contribution in [1.82, 2.24) is 4.90 Å². The van der Waals surface area contributed by atoms with E-state index >= 15 is 0 Å². The third-order valence-corrected chi connectivity index (χ3v) is 5.38. The number of nitrogens with one attached hydrogen (secondary N) is 2. The van der Waals surface area contributed by atoms with Gasteiger partial charge in [0.1, 0.15) is 0 Å². The van der Waals surface area contributed by atoms with Crippen LogP contribution in [0, 0.1) is 0 Å². The number of hydrogen-bond donors (Lipinski definition) is 2. The number of carbonyl (C=O) groups excluding carboxylic acids is 3. The Morgan fingerprint density at radius 3 is 1.83 bits per heavy atom. The van der Waals surface area contributed by atoms with Crippen molar-refractivity contribution in [2.45, 2.75) is 4.90 Å². The van der Waals surface area contributed by atoms with E-state index in [0.717, 1.165) is 4.90 Å². The van der Waals surface area contributed by atoms with E-state index in [1.807, 2.05) is 30.3 Å². The highest BCUT2D eigenvalue weighted by Gasteiger charge is 2.34. The molecule has 0 aromatic heterocycles. The summed E-state index contributed by atoms with van der Waals surface area (Å²) in [6.45, 7) is 0. The lowest BCUT2D eigenvalue weighted by atomic mass is 10.1. The SMILES string of the molecule is O=C(Nc1ccccc1)Nc1ccc(SCN2C(=O)c3ccccc3C2=O)cc1. The quantitative estimate of drug-likeness (QED) is 0.479. The van der Waals surface area contributed by atoms with E-state index in [9.17, 15) is 14.4 Å². The van der Waals surface area contributed by atoms with Crippen LogP contribution in [0.25, 0.3) is 0 Å². The molecule has 29 heavy (non-hydrogen) atoms. The summed E-state index contributed by atoms with van der Waals surface area (Å²) in [5.41, 5.74) is 2.24. The summed E-state index contributed by atoms with van der Waals surface area (Å²) in [4.78, 5) is 38.9. The summed E-state index contributed by atoms with van der Waals surface area (Å²) >= 11 is 1.38. The van der Waals surface area contributed by atoms with Gasteiger partial charge in [0.25, 0.3) is 11.8 Å². The number of nitrogens with zero attached hydrogens (tertiary/aromatic N) is 1. The van der Waals surface area contributed by atoms with Crippen LogP contribution < -0.4 is 10.6 Å². The summed E-state index contributed by atoms with van der Waals surface area (Å²) in [5, 5.41) is 5.51. The summed E-state index contributed by atoms with van der Waals surface area (Å²) in [7, 11) is 0. The van der Waals surface area contributed by atoms with Gasteiger partial charge in [-0.1, -0.05) is 30.3 Å². The topological polar surface area (TPSA) is 78.5 Å². The molecule has 4 rings (SSSR count). The Labute approximate surface area is 171 Å². The second kappa shape index (κ2) is 8.20. The van der Waals surface area contributed by atoms with E-state index in [1.165, 1.54) is 16.7 Å². The molecule has 0 radical (unpaired) electrons. The van der Waals surface area contributed by atoms with Gasteiger partial charge in [0, 0.05) is 16.3 Å². The Morgan fingerprint density at radius 2 is 1.24 bits per heavy atom. The van der Waals surface area contributed by atoms with Crippen LogP contribution in [0.15, 0.2) is 83.8 Å². The van der Waals surface area contributed by atoms with Crippen LogP contribution in [0.3, 0.4) is 0 Å². The van der Waals surface area contributed by atoms with Gasteiger partial charge in [0.15, 0.2) is 0 Å². The second-order valence-corrected chi connectivity index (χ2v) is 7.35. The molecule has 7 heteroatoms. The number of imide groups is 1. The average molecular weight is 403 g/mol. The fraction of sp³-hybridized carbons (Fsp3) is 0.0455. The molecular formula is C22H17N3O3S. The number of thioether (sulfide) groups is 1. The smallest absolute Gasteiger partial charge is 0.308 e. The molecule has 0 saturated heterocycles. The largest absolute Gasteiger partial charge is 0.323 e. The molecule has 1 aliphatic heterocycles. The molecule has 0 fully saturated rings. The van der Waals surface area contributed by atoms with Crippen LogP contribution >= 0.6 is 11.8 Å². The molecule has 0 spiro atoms. The Balaban J connectivity index is 1.33. The third kappa shape index (κ3) is 4.14.